The lowest BCUT2D eigenvalue weighted by molar-refractivity contribution is 0.560. The predicted molar refractivity (Wildman–Crippen MR) is 99.5 cm³/mol. The molecule has 0 saturated heterocycles. The molecule has 0 aliphatic carbocycles. The quantitative estimate of drug-likeness (QED) is 0.501. The van der Waals surface area contributed by atoms with Gasteiger partial charge in [-0.25, -0.2) is 0 Å². The lowest BCUT2D eigenvalue weighted by Gasteiger charge is -2.06. The number of hydrogen-bond acceptors (Lipinski definition) is 0. The Morgan fingerprint density at radius 1 is 0.950 bits per heavy atom. The van der Waals surface area contributed by atoms with Crippen molar-refractivity contribution in [3.05, 3.63) is 48.6 Å². The number of hydrogen-bond donors (Lipinski definition) is 0. The lowest BCUT2D eigenvalue weighted by atomic mass is 9.99. The van der Waals surface area contributed by atoms with Crippen LogP contribution in [0.1, 0.15) is 74.3 Å². The highest BCUT2D eigenvalue weighted by molar-refractivity contribution is 5.14. The Hall–Kier alpha value is -1.04. The summed E-state index contributed by atoms with van der Waals surface area (Å²) in [6, 6.07) is 10.7. The molecule has 0 saturated carbocycles. The van der Waals surface area contributed by atoms with Gasteiger partial charge >= 0.3 is 0 Å². The summed E-state index contributed by atoms with van der Waals surface area (Å²) in [5.74, 6) is 0.817. The van der Waals surface area contributed by atoms with Crippen LogP contribution in [-0.2, 0) is 6.42 Å². The van der Waals surface area contributed by atoms with Gasteiger partial charge in [-0.3, -0.25) is 0 Å². The summed E-state index contributed by atoms with van der Waals surface area (Å²) in [6.07, 6.45) is 4.24. The second-order valence-electron chi connectivity index (χ2n) is 3.61. The van der Waals surface area contributed by atoms with E-state index in [1.54, 1.807) is 6.08 Å². The molecule has 1 aromatic carbocycles. The van der Waals surface area contributed by atoms with Gasteiger partial charge in [-0.2, -0.15) is 0 Å². The van der Waals surface area contributed by atoms with Crippen LogP contribution in [0.3, 0.4) is 0 Å². The van der Waals surface area contributed by atoms with Crippen LogP contribution in [0.25, 0.3) is 0 Å². The van der Waals surface area contributed by atoms with E-state index in [0.29, 0.717) is 0 Å². The van der Waals surface area contributed by atoms with E-state index < -0.39 is 0 Å². The normalized spacial score (nSPS) is 8.65. The van der Waals surface area contributed by atoms with E-state index in [-0.39, 0.29) is 0 Å². The fourth-order valence-electron chi connectivity index (χ4n) is 1.16. The summed E-state index contributed by atoms with van der Waals surface area (Å²) in [5, 5.41) is 0. The van der Waals surface area contributed by atoms with Crippen molar-refractivity contribution in [1.82, 2.24) is 0 Å². The number of allylic oxidation sites excluding steroid dienone is 1. The van der Waals surface area contributed by atoms with E-state index in [9.17, 15) is 0 Å². The molecule has 1 unspecified atom stereocenters. The van der Waals surface area contributed by atoms with E-state index in [1.807, 2.05) is 48.5 Å². The van der Waals surface area contributed by atoms with Crippen LogP contribution in [0.2, 0.25) is 0 Å². The van der Waals surface area contributed by atoms with Crippen LogP contribution in [0.15, 0.2) is 43.0 Å². The molecule has 0 spiro atoms. The average molecular weight is 281 g/mol. The van der Waals surface area contributed by atoms with Gasteiger partial charge in [0.25, 0.3) is 0 Å². The second-order valence-corrected chi connectivity index (χ2v) is 3.61. The number of rotatable bonds is 3. The fraction of sp³-hybridized carbons (Fsp3) is 0.600. The molecule has 0 aliphatic rings. The van der Waals surface area contributed by atoms with E-state index >= 15 is 0 Å². The highest BCUT2D eigenvalue weighted by Gasteiger charge is 1.98. The largest absolute Gasteiger partial charge is 0.103 e. The fourth-order valence-corrected chi connectivity index (χ4v) is 1.16. The first-order valence-corrected chi connectivity index (χ1v) is 8.35. The minimum Gasteiger partial charge on any atom is -0.103 e. The second kappa shape index (κ2) is 30.8. The van der Waals surface area contributed by atoms with Gasteiger partial charge in [0.1, 0.15) is 0 Å². The molecule has 0 amide bonds. The van der Waals surface area contributed by atoms with Crippen LogP contribution in [0.4, 0.5) is 0 Å². The molecule has 0 aliphatic heterocycles. The van der Waals surface area contributed by atoms with Gasteiger partial charge in [0, 0.05) is 0 Å². The monoisotopic (exact) mass is 280 g/mol. The molecule has 1 aromatic rings. The minimum absolute atomic E-state index is 0.817. The lowest BCUT2D eigenvalue weighted by Crippen LogP contribution is -1.96. The van der Waals surface area contributed by atoms with Crippen molar-refractivity contribution in [3.8, 4) is 0 Å². The summed E-state index contributed by atoms with van der Waals surface area (Å²) in [7, 11) is 0. The molecule has 0 nitrogen and oxygen atoms in total. The zero-order valence-electron chi connectivity index (χ0n) is 15.7. The average Bonchev–Trinajstić information content (AvgIpc) is 2.55. The van der Waals surface area contributed by atoms with Crippen molar-refractivity contribution in [1.29, 1.82) is 0 Å². The Balaban J connectivity index is -0.000000121. The molecule has 0 heterocycles. The van der Waals surface area contributed by atoms with Gasteiger partial charge in [-0.05, 0) is 24.8 Å². The Labute approximate surface area is 130 Å². The smallest absolute Gasteiger partial charge is 0.0253 e. The molecule has 0 heteroatoms. The van der Waals surface area contributed by atoms with Crippen LogP contribution in [-0.4, -0.2) is 0 Å². The predicted octanol–water partition coefficient (Wildman–Crippen LogP) is 7.55. The topological polar surface area (TPSA) is 0 Å². The first-order chi connectivity index (χ1) is 9.74. The molecule has 0 radical (unpaired) electrons. The molecule has 0 aromatic heterocycles. The molecule has 1 atom stereocenters. The maximum Gasteiger partial charge on any atom is -0.0253 e. The molecular weight excluding hydrogens is 240 g/mol. The zero-order valence-corrected chi connectivity index (χ0v) is 15.7. The number of benzene rings is 1. The molecule has 20 heavy (non-hydrogen) atoms. The van der Waals surface area contributed by atoms with Gasteiger partial charge in [-0.1, -0.05) is 98.2 Å². The highest BCUT2D eigenvalue weighted by Crippen LogP contribution is 2.10. The minimum atomic E-state index is 0.817. The van der Waals surface area contributed by atoms with Crippen LogP contribution in [0, 0.1) is 5.92 Å². The third-order valence-corrected chi connectivity index (χ3v) is 2.12. The van der Waals surface area contributed by atoms with Crippen molar-refractivity contribution in [2.75, 3.05) is 0 Å². The molecule has 0 N–H and O–H groups in total. The van der Waals surface area contributed by atoms with Crippen molar-refractivity contribution in [2.45, 2.75) is 75.2 Å². The molecule has 1 rings (SSSR count). The van der Waals surface area contributed by atoms with Crippen LogP contribution >= 0.6 is 0 Å². The van der Waals surface area contributed by atoms with Gasteiger partial charge in [-0.15, -0.1) is 6.58 Å². The highest BCUT2D eigenvalue weighted by atomic mass is 14.0. The van der Waals surface area contributed by atoms with Crippen molar-refractivity contribution >= 4 is 0 Å². The maximum atomic E-state index is 3.36. The maximum absolute atomic E-state index is 3.36. The van der Waals surface area contributed by atoms with Gasteiger partial charge in [0.05, 0.1) is 0 Å². The van der Waals surface area contributed by atoms with E-state index in [1.165, 1.54) is 18.4 Å². The Morgan fingerprint density at radius 2 is 1.30 bits per heavy atom. The summed E-state index contributed by atoms with van der Waals surface area (Å²) >= 11 is 0. The van der Waals surface area contributed by atoms with Crippen molar-refractivity contribution in [2.24, 2.45) is 5.92 Å². The van der Waals surface area contributed by atoms with Crippen LogP contribution in [0.5, 0.6) is 0 Å². The van der Waals surface area contributed by atoms with Gasteiger partial charge in [0.15, 0.2) is 0 Å². The first-order valence-electron chi connectivity index (χ1n) is 8.35. The van der Waals surface area contributed by atoms with Crippen molar-refractivity contribution < 1.29 is 0 Å². The summed E-state index contributed by atoms with van der Waals surface area (Å²) in [6.45, 7) is 21.8. The van der Waals surface area contributed by atoms with Gasteiger partial charge < -0.3 is 0 Å². The summed E-state index contributed by atoms with van der Waals surface area (Å²) < 4.78 is 0. The molecule has 0 bridgehead atoms. The first kappa shape index (κ1) is 27.3. The third kappa shape index (κ3) is 25.7. The standard InChI is InChI=1S/C11H16.C3H6.3C2H6/c1-3-10(2)9-11-7-5-4-6-8-11;1-3-2;3*1-2/h4-8,10H,3,9H2,1-2H3;3H,1H2,2H3;3*1-2H3. The Morgan fingerprint density at radius 3 is 1.60 bits per heavy atom. The van der Waals surface area contributed by atoms with E-state index in [0.717, 1.165) is 5.92 Å². The zero-order chi connectivity index (χ0) is 16.8. The summed E-state index contributed by atoms with van der Waals surface area (Å²) in [4.78, 5) is 0. The molecular formula is C20H40. The van der Waals surface area contributed by atoms with Crippen LogP contribution < -0.4 is 0 Å². The Kier molecular flexibility index (Phi) is 42.0. The van der Waals surface area contributed by atoms with E-state index in [2.05, 4.69) is 50.8 Å². The van der Waals surface area contributed by atoms with Crippen molar-refractivity contribution in [3.63, 3.8) is 0 Å². The van der Waals surface area contributed by atoms with E-state index in [4.69, 9.17) is 0 Å². The SMILES string of the molecule is C=CC.CC.CC.CC.CCC(C)Cc1ccccc1. The third-order valence-electron chi connectivity index (χ3n) is 2.12. The molecule has 0 fully saturated rings. The Bertz CT molecular complexity index is 223. The molecule has 120 valence electrons. The van der Waals surface area contributed by atoms with Gasteiger partial charge in [0.2, 0.25) is 0 Å². The summed E-state index contributed by atoms with van der Waals surface area (Å²) in [5.41, 5.74) is 1.46.